The summed E-state index contributed by atoms with van der Waals surface area (Å²) in [5.41, 5.74) is 4.16. The molecule has 0 saturated heterocycles. The van der Waals surface area contributed by atoms with Gasteiger partial charge in [0, 0.05) is 17.7 Å². The summed E-state index contributed by atoms with van der Waals surface area (Å²) in [6.45, 7) is 1.84. The fraction of sp³-hybridized carbons (Fsp3) is 0.0833. The molecule has 0 aliphatic carbocycles. The molecule has 1 aromatic carbocycles. The third-order valence-corrected chi connectivity index (χ3v) is 2.27. The van der Waals surface area contributed by atoms with E-state index >= 15 is 0 Å². The summed E-state index contributed by atoms with van der Waals surface area (Å²) in [7, 11) is 0. The first-order valence-corrected chi connectivity index (χ1v) is 5.49. The first kappa shape index (κ1) is 12.6. The Morgan fingerprint density at radius 1 is 1.32 bits per heavy atom. The molecule has 7 nitrogen and oxygen atoms in total. The average Bonchev–Trinajstić information content (AvgIpc) is 2.41. The molecule has 96 valence electrons. The molecule has 0 amide bonds. The van der Waals surface area contributed by atoms with Crippen LogP contribution in [0.3, 0.4) is 0 Å². The minimum absolute atomic E-state index is 0.0269. The number of nitrogens with one attached hydrogen (secondary N) is 1. The summed E-state index contributed by atoms with van der Waals surface area (Å²) in [4.78, 5) is 10.2. The molecule has 0 saturated carbocycles. The molecule has 0 fully saturated rings. The minimum Gasteiger partial charge on any atom is -0.260 e. The molecule has 0 bridgehead atoms. The van der Waals surface area contributed by atoms with E-state index in [0.29, 0.717) is 11.4 Å². The Bertz CT molecular complexity index is 610. The number of hydrogen-bond acceptors (Lipinski definition) is 6. The Morgan fingerprint density at radius 2 is 2.16 bits per heavy atom. The maximum Gasteiger partial charge on any atom is 0.270 e. The number of hydrazone groups is 1. The minimum atomic E-state index is -0.448. The second kappa shape index (κ2) is 5.67. The number of anilines is 1. The number of benzene rings is 1. The van der Waals surface area contributed by atoms with Gasteiger partial charge in [-0.2, -0.15) is 10.2 Å². The maximum absolute atomic E-state index is 10.6. The van der Waals surface area contributed by atoms with Gasteiger partial charge < -0.3 is 0 Å². The van der Waals surface area contributed by atoms with Gasteiger partial charge in [0.05, 0.1) is 16.8 Å². The SMILES string of the molecule is Cc1ccc(NN=Cc2cccc([N+](=O)[O-])c2)nn1. The van der Waals surface area contributed by atoms with E-state index in [1.807, 2.05) is 6.92 Å². The lowest BCUT2D eigenvalue weighted by Crippen LogP contribution is -1.96. The predicted octanol–water partition coefficient (Wildman–Crippen LogP) is 2.14. The predicted molar refractivity (Wildman–Crippen MR) is 71.1 cm³/mol. The van der Waals surface area contributed by atoms with Crippen molar-refractivity contribution >= 4 is 17.7 Å². The van der Waals surface area contributed by atoms with E-state index in [9.17, 15) is 10.1 Å². The molecule has 0 aliphatic rings. The summed E-state index contributed by atoms with van der Waals surface area (Å²) < 4.78 is 0. The van der Waals surface area contributed by atoms with Crippen LogP contribution in [0.1, 0.15) is 11.3 Å². The zero-order valence-corrected chi connectivity index (χ0v) is 10.1. The van der Waals surface area contributed by atoms with Crippen molar-refractivity contribution in [1.82, 2.24) is 10.2 Å². The number of aromatic nitrogens is 2. The van der Waals surface area contributed by atoms with Crippen LogP contribution in [-0.2, 0) is 0 Å². The summed E-state index contributed by atoms with van der Waals surface area (Å²) in [6.07, 6.45) is 1.48. The normalized spacial score (nSPS) is 10.6. The molecule has 1 aromatic heterocycles. The quantitative estimate of drug-likeness (QED) is 0.514. The Balaban J connectivity index is 2.04. The number of nitro groups is 1. The Labute approximate surface area is 109 Å². The fourth-order valence-corrected chi connectivity index (χ4v) is 1.35. The van der Waals surface area contributed by atoms with Crippen LogP contribution in [0.2, 0.25) is 0 Å². The summed E-state index contributed by atoms with van der Waals surface area (Å²) in [5.74, 6) is 0.507. The van der Waals surface area contributed by atoms with Gasteiger partial charge in [-0.25, -0.2) is 0 Å². The summed E-state index contributed by atoms with van der Waals surface area (Å²) >= 11 is 0. The van der Waals surface area contributed by atoms with Gasteiger partial charge in [-0.3, -0.25) is 15.5 Å². The number of aryl methyl sites for hydroxylation is 1. The Kier molecular flexibility index (Phi) is 3.77. The van der Waals surface area contributed by atoms with Gasteiger partial charge in [0.25, 0.3) is 5.69 Å². The molecule has 0 unspecified atom stereocenters. The highest BCUT2D eigenvalue weighted by atomic mass is 16.6. The summed E-state index contributed by atoms with van der Waals surface area (Å²) in [6, 6.07) is 9.73. The molecular weight excluding hydrogens is 246 g/mol. The van der Waals surface area contributed by atoms with Gasteiger partial charge in [-0.1, -0.05) is 12.1 Å². The number of non-ortho nitro benzene ring substituents is 1. The van der Waals surface area contributed by atoms with Crippen LogP contribution in [0, 0.1) is 17.0 Å². The van der Waals surface area contributed by atoms with Crippen LogP contribution in [0.15, 0.2) is 41.5 Å². The topological polar surface area (TPSA) is 93.3 Å². The lowest BCUT2D eigenvalue weighted by Gasteiger charge is -1.98. The molecule has 0 aliphatic heterocycles. The first-order valence-electron chi connectivity index (χ1n) is 5.49. The van der Waals surface area contributed by atoms with Crippen molar-refractivity contribution < 1.29 is 4.92 Å². The lowest BCUT2D eigenvalue weighted by atomic mass is 10.2. The van der Waals surface area contributed by atoms with Crippen molar-refractivity contribution in [3.63, 3.8) is 0 Å². The zero-order valence-electron chi connectivity index (χ0n) is 10.1. The van der Waals surface area contributed by atoms with E-state index in [-0.39, 0.29) is 5.69 Å². The van der Waals surface area contributed by atoms with E-state index < -0.39 is 4.92 Å². The van der Waals surface area contributed by atoms with Crippen molar-refractivity contribution in [3.05, 3.63) is 57.8 Å². The van der Waals surface area contributed by atoms with E-state index in [0.717, 1.165) is 5.69 Å². The molecule has 0 radical (unpaired) electrons. The van der Waals surface area contributed by atoms with Crippen LogP contribution in [0.5, 0.6) is 0 Å². The molecular formula is C12H11N5O2. The van der Waals surface area contributed by atoms with Crippen molar-refractivity contribution in [3.8, 4) is 0 Å². The van der Waals surface area contributed by atoms with Crippen molar-refractivity contribution in [1.29, 1.82) is 0 Å². The lowest BCUT2D eigenvalue weighted by molar-refractivity contribution is -0.384. The largest absolute Gasteiger partial charge is 0.270 e. The third-order valence-electron chi connectivity index (χ3n) is 2.27. The summed E-state index contributed by atoms with van der Waals surface area (Å²) in [5, 5.41) is 22.3. The number of rotatable bonds is 4. The van der Waals surface area contributed by atoms with Crippen LogP contribution < -0.4 is 5.43 Å². The van der Waals surface area contributed by atoms with Gasteiger partial charge in [-0.15, -0.1) is 5.10 Å². The molecule has 7 heteroatoms. The molecule has 2 rings (SSSR count). The monoisotopic (exact) mass is 257 g/mol. The van der Waals surface area contributed by atoms with Gasteiger partial charge in [0.2, 0.25) is 0 Å². The van der Waals surface area contributed by atoms with Gasteiger partial charge in [0.1, 0.15) is 0 Å². The molecule has 0 atom stereocenters. The zero-order chi connectivity index (χ0) is 13.7. The number of nitro benzene ring substituents is 1. The third kappa shape index (κ3) is 3.56. The first-order chi connectivity index (χ1) is 9.15. The van der Waals surface area contributed by atoms with Crippen LogP contribution in [0.4, 0.5) is 11.5 Å². The van der Waals surface area contributed by atoms with E-state index in [4.69, 9.17) is 0 Å². The molecule has 1 N–H and O–H groups in total. The highest BCUT2D eigenvalue weighted by Crippen LogP contribution is 2.11. The van der Waals surface area contributed by atoms with Crippen molar-refractivity contribution in [2.45, 2.75) is 6.92 Å². The molecule has 19 heavy (non-hydrogen) atoms. The molecule has 1 heterocycles. The van der Waals surface area contributed by atoms with Crippen LogP contribution >= 0.6 is 0 Å². The molecule has 2 aromatic rings. The van der Waals surface area contributed by atoms with E-state index in [2.05, 4.69) is 20.7 Å². The van der Waals surface area contributed by atoms with Crippen LogP contribution in [-0.4, -0.2) is 21.3 Å². The number of hydrogen-bond donors (Lipinski definition) is 1. The van der Waals surface area contributed by atoms with Gasteiger partial charge in [0.15, 0.2) is 5.82 Å². The van der Waals surface area contributed by atoms with E-state index in [1.165, 1.54) is 18.3 Å². The highest BCUT2D eigenvalue weighted by Gasteiger charge is 2.03. The second-order valence-electron chi connectivity index (χ2n) is 3.78. The standard InChI is InChI=1S/C12H11N5O2/c1-9-5-6-12(16-14-9)15-13-8-10-3-2-4-11(7-10)17(18)19/h2-8H,1H3,(H,15,16). The second-order valence-corrected chi connectivity index (χ2v) is 3.78. The van der Waals surface area contributed by atoms with Gasteiger partial charge in [-0.05, 0) is 19.1 Å². The smallest absolute Gasteiger partial charge is 0.260 e. The fourth-order valence-electron chi connectivity index (χ4n) is 1.35. The highest BCUT2D eigenvalue weighted by molar-refractivity contribution is 5.81. The Morgan fingerprint density at radius 3 is 2.84 bits per heavy atom. The average molecular weight is 257 g/mol. The Hall–Kier alpha value is -2.83. The molecule has 0 spiro atoms. The van der Waals surface area contributed by atoms with Gasteiger partial charge >= 0.3 is 0 Å². The van der Waals surface area contributed by atoms with Crippen LogP contribution in [0.25, 0.3) is 0 Å². The maximum atomic E-state index is 10.6. The number of nitrogens with zero attached hydrogens (tertiary/aromatic N) is 4. The van der Waals surface area contributed by atoms with Crippen molar-refractivity contribution in [2.24, 2.45) is 5.10 Å². The van der Waals surface area contributed by atoms with E-state index in [1.54, 1.807) is 24.3 Å². The van der Waals surface area contributed by atoms with Crippen molar-refractivity contribution in [2.75, 3.05) is 5.43 Å².